The van der Waals surface area contributed by atoms with E-state index >= 15 is 0 Å². The van der Waals surface area contributed by atoms with Gasteiger partial charge in [-0.1, -0.05) is 0 Å². The van der Waals surface area contributed by atoms with E-state index in [1.807, 2.05) is 24.3 Å². The standard InChI is InChI=1S/C16H23NO4/c1-19-12-2-4-13(5-3-12)20-10-11(18)9-17-15-8-14-6-7-16(15)21-14/h2-5,11,14-18H,6-10H2,1H3. The van der Waals surface area contributed by atoms with Crippen molar-refractivity contribution in [2.75, 3.05) is 20.3 Å². The summed E-state index contributed by atoms with van der Waals surface area (Å²) in [4.78, 5) is 0. The number of methoxy groups -OCH3 is 1. The smallest absolute Gasteiger partial charge is 0.119 e. The fraction of sp³-hybridized carbons (Fsp3) is 0.625. The summed E-state index contributed by atoms with van der Waals surface area (Å²) >= 11 is 0. The minimum absolute atomic E-state index is 0.279. The Balaban J connectivity index is 1.37. The van der Waals surface area contributed by atoms with Crippen LogP contribution in [0.15, 0.2) is 24.3 Å². The Morgan fingerprint density at radius 3 is 2.67 bits per heavy atom. The number of rotatable bonds is 7. The Labute approximate surface area is 125 Å². The monoisotopic (exact) mass is 293 g/mol. The van der Waals surface area contributed by atoms with E-state index in [0.29, 0.717) is 24.8 Å². The lowest BCUT2D eigenvalue weighted by Gasteiger charge is -2.22. The van der Waals surface area contributed by atoms with Crippen molar-refractivity contribution in [1.29, 1.82) is 0 Å². The van der Waals surface area contributed by atoms with Gasteiger partial charge in [0.05, 0.1) is 19.3 Å². The molecule has 0 amide bonds. The molecule has 4 atom stereocenters. The van der Waals surface area contributed by atoms with Crippen LogP contribution in [0.3, 0.4) is 0 Å². The van der Waals surface area contributed by atoms with E-state index in [1.54, 1.807) is 7.11 Å². The maximum atomic E-state index is 9.99. The number of benzene rings is 1. The van der Waals surface area contributed by atoms with Gasteiger partial charge in [-0.3, -0.25) is 0 Å². The molecule has 0 radical (unpaired) electrons. The topological polar surface area (TPSA) is 60.0 Å². The van der Waals surface area contributed by atoms with Gasteiger partial charge < -0.3 is 24.6 Å². The van der Waals surface area contributed by atoms with Gasteiger partial charge in [0.1, 0.15) is 24.2 Å². The van der Waals surface area contributed by atoms with Crippen LogP contribution in [-0.2, 0) is 4.74 Å². The maximum Gasteiger partial charge on any atom is 0.119 e. The van der Waals surface area contributed by atoms with E-state index in [4.69, 9.17) is 14.2 Å². The Kier molecular flexibility index (Phi) is 4.63. The molecule has 4 unspecified atom stereocenters. The molecule has 2 heterocycles. The Hall–Kier alpha value is -1.30. The van der Waals surface area contributed by atoms with Crippen LogP contribution in [0.1, 0.15) is 19.3 Å². The van der Waals surface area contributed by atoms with Crippen LogP contribution in [0, 0.1) is 0 Å². The summed E-state index contributed by atoms with van der Waals surface area (Å²) < 4.78 is 16.4. The normalized spacial score (nSPS) is 28.6. The largest absolute Gasteiger partial charge is 0.497 e. The first-order valence-electron chi connectivity index (χ1n) is 7.58. The van der Waals surface area contributed by atoms with Crippen molar-refractivity contribution in [2.24, 2.45) is 0 Å². The van der Waals surface area contributed by atoms with Crippen molar-refractivity contribution < 1.29 is 19.3 Å². The van der Waals surface area contributed by atoms with Crippen molar-refractivity contribution in [2.45, 2.75) is 43.6 Å². The molecular weight excluding hydrogens is 270 g/mol. The first-order chi connectivity index (χ1) is 10.2. The molecule has 3 rings (SSSR count). The number of aliphatic hydroxyl groups excluding tert-OH is 1. The SMILES string of the molecule is COc1ccc(OCC(O)CNC2CC3CCC2O3)cc1. The van der Waals surface area contributed by atoms with Crippen molar-refractivity contribution in [3.05, 3.63) is 24.3 Å². The fourth-order valence-corrected chi connectivity index (χ4v) is 3.06. The molecule has 116 valence electrons. The molecule has 0 spiro atoms. The lowest BCUT2D eigenvalue weighted by molar-refractivity contribution is 0.0853. The van der Waals surface area contributed by atoms with Gasteiger partial charge in [-0.05, 0) is 43.5 Å². The lowest BCUT2D eigenvalue weighted by atomic mass is 9.95. The summed E-state index contributed by atoms with van der Waals surface area (Å²) in [6.07, 6.45) is 3.64. The van der Waals surface area contributed by atoms with Crippen LogP contribution in [0.4, 0.5) is 0 Å². The minimum Gasteiger partial charge on any atom is -0.497 e. The van der Waals surface area contributed by atoms with E-state index < -0.39 is 6.10 Å². The number of nitrogens with one attached hydrogen (secondary N) is 1. The molecular formula is C16H23NO4. The molecule has 2 saturated heterocycles. The van der Waals surface area contributed by atoms with Gasteiger partial charge in [0, 0.05) is 12.6 Å². The quantitative estimate of drug-likeness (QED) is 0.794. The third-order valence-corrected chi connectivity index (χ3v) is 4.22. The Morgan fingerprint density at radius 2 is 2.05 bits per heavy atom. The molecule has 2 fully saturated rings. The van der Waals surface area contributed by atoms with Crippen LogP contribution in [0.25, 0.3) is 0 Å². The van der Waals surface area contributed by atoms with E-state index in [0.717, 1.165) is 24.3 Å². The molecule has 2 aliphatic heterocycles. The van der Waals surface area contributed by atoms with Crippen molar-refractivity contribution in [3.63, 3.8) is 0 Å². The molecule has 2 bridgehead atoms. The zero-order valence-corrected chi connectivity index (χ0v) is 12.3. The third kappa shape index (κ3) is 3.67. The molecule has 1 aromatic carbocycles. The van der Waals surface area contributed by atoms with Gasteiger partial charge >= 0.3 is 0 Å². The number of fused-ring (bicyclic) bond motifs is 2. The summed E-state index contributed by atoms with van der Waals surface area (Å²) in [6, 6.07) is 7.74. The van der Waals surface area contributed by atoms with Crippen LogP contribution in [0.5, 0.6) is 11.5 Å². The zero-order chi connectivity index (χ0) is 14.7. The van der Waals surface area contributed by atoms with Crippen molar-refractivity contribution in [3.8, 4) is 11.5 Å². The number of aliphatic hydroxyl groups is 1. The minimum atomic E-state index is -0.522. The molecule has 5 heteroatoms. The number of ether oxygens (including phenoxy) is 3. The molecule has 2 aliphatic rings. The molecule has 2 N–H and O–H groups in total. The van der Waals surface area contributed by atoms with Gasteiger partial charge in [-0.2, -0.15) is 0 Å². The first kappa shape index (κ1) is 14.6. The van der Waals surface area contributed by atoms with E-state index in [9.17, 15) is 5.11 Å². The molecule has 0 aromatic heterocycles. The predicted octanol–water partition coefficient (Wildman–Crippen LogP) is 1.34. The zero-order valence-electron chi connectivity index (χ0n) is 12.3. The molecule has 0 saturated carbocycles. The third-order valence-electron chi connectivity index (χ3n) is 4.22. The van der Waals surface area contributed by atoms with E-state index in [1.165, 1.54) is 6.42 Å². The lowest BCUT2D eigenvalue weighted by Crippen LogP contribution is -2.42. The maximum absolute atomic E-state index is 9.99. The number of hydrogen-bond donors (Lipinski definition) is 2. The molecule has 1 aromatic rings. The Morgan fingerprint density at radius 1 is 1.29 bits per heavy atom. The molecule has 0 aliphatic carbocycles. The van der Waals surface area contributed by atoms with Gasteiger partial charge in [0.2, 0.25) is 0 Å². The van der Waals surface area contributed by atoms with Crippen LogP contribution < -0.4 is 14.8 Å². The van der Waals surface area contributed by atoms with E-state index in [2.05, 4.69) is 5.32 Å². The Bertz CT molecular complexity index is 450. The average molecular weight is 293 g/mol. The second kappa shape index (κ2) is 6.64. The second-order valence-corrected chi connectivity index (χ2v) is 5.76. The number of hydrogen-bond acceptors (Lipinski definition) is 5. The highest BCUT2D eigenvalue weighted by atomic mass is 16.5. The molecule has 5 nitrogen and oxygen atoms in total. The summed E-state index contributed by atoms with van der Waals surface area (Å²) in [5.74, 6) is 1.53. The van der Waals surface area contributed by atoms with Gasteiger partial charge in [0.25, 0.3) is 0 Å². The van der Waals surface area contributed by atoms with Gasteiger partial charge in [-0.25, -0.2) is 0 Å². The van der Waals surface area contributed by atoms with Crippen molar-refractivity contribution in [1.82, 2.24) is 5.32 Å². The van der Waals surface area contributed by atoms with Crippen LogP contribution in [0.2, 0.25) is 0 Å². The summed E-state index contributed by atoms with van der Waals surface area (Å²) in [7, 11) is 1.63. The highest BCUT2D eigenvalue weighted by Gasteiger charge is 2.40. The highest BCUT2D eigenvalue weighted by molar-refractivity contribution is 5.31. The van der Waals surface area contributed by atoms with Gasteiger partial charge in [0.15, 0.2) is 0 Å². The summed E-state index contributed by atoms with van der Waals surface area (Å²) in [5, 5.41) is 13.4. The average Bonchev–Trinajstić information content (AvgIpc) is 3.14. The molecule has 21 heavy (non-hydrogen) atoms. The second-order valence-electron chi connectivity index (χ2n) is 5.76. The summed E-state index contributed by atoms with van der Waals surface area (Å²) in [6.45, 7) is 0.814. The van der Waals surface area contributed by atoms with Crippen molar-refractivity contribution >= 4 is 0 Å². The summed E-state index contributed by atoms with van der Waals surface area (Å²) in [5.41, 5.74) is 0. The van der Waals surface area contributed by atoms with E-state index in [-0.39, 0.29) is 6.61 Å². The van der Waals surface area contributed by atoms with Crippen LogP contribution >= 0.6 is 0 Å². The fourth-order valence-electron chi connectivity index (χ4n) is 3.06. The van der Waals surface area contributed by atoms with Crippen LogP contribution in [-0.4, -0.2) is 49.7 Å². The highest BCUT2D eigenvalue weighted by Crippen LogP contribution is 2.34. The van der Waals surface area contributed by atoms with Gasteiger partial charge in [-0.15, -0.1) is 0 Å². The predicted molar refractivity (Wildman–Crippen MR) is 78.8 cm³/mol. The first-order valence-corrected chi connectivity index (χ1v) is 7.58.